The quantitative estimate of drug-likeness (QED) is 0.660. The maximum atomic E-state index is 12.4. The monoisotopic (exact) mass is 283 g/mol. The fourth-order valence-corrected chi connectivity index (χ4v) is 2.75. The minimum Gasteiger partial charge on any atom is -0.326 e. The first-order valence-electron chi connectivity index (χ1n) is 8.28. The van der Waals surface area contributed by atoms with Crippen LogP contribution in [-0.2, 0) is 4.79 Å². The van der Waals surface area contributed by atoms with Crippen molar-refractivity contribution < 1.29 is 4.79 Å². The van der Waals surface area contributed by atoms with Gasteiger partial charge in [-0.25, -0.2) is 0 Å². The third kappa shape index (κ3) is 4.74. The molecule has 0 aliphatic carbocycles. The number of nitrogens with one attached hydrogen (secondary N) is 1. The van der Waals surface area contributed by atoms with Gasteiger partial charge in [0.15, 0.2) is 0 Å². The van der Waals surface area contributed by atoms with Crippen LogP contribution in [0.25, 0.3) is 0 Å². The number of unbranched alkanes of at least 4 members (excludes halogenated alkanes) is 1. The van der Waals surface area contributed by atoms with Gasteiger partial charge in [0.05, 0.1) is 12.2 Å². The number of hydrogen-bond donors (Lipinski definition) is 1. The van der Waals surface area contributed by atoms with Gasteiger partial charge in [0.2, 0.25) is 5.91 Å². The van der Waals surface area contributed by atoms with Crippen LogP contribution in [0.4, 0.5) is 0 Å². The van der Waals surface area contributed by atoms with Crippen molar-refractivity contribution in [2.75, 3.05) is 20.1 Å². The molecule has 4 nitrogen and oxygen atoms in total. The summed E-state index contributed by atoms with van der Waals surface area (Å²) in [5, 5.41) is 3.48. The highest BCUT2D eigenvalue weighted by molar-refractivity contribution is 5.84. The first-order valence-corrected chi connectivity index (χ1v) is 8.28. The fraction of sp³-hybridized carbons (Fsp3) is 0.938. The van der Waals surface area contributed by atoms with Crippen molar-refractivity contribution in [1.82, 2.24) is 15.1 Å². The van der Waals surface area contributed by atoms with E-state index in [-0.39, 0.29) is 12.2 Å². The summed E-state index contributed by atoms with van der Waals surface area (Å²) in [4.78, 5) is 16.8. The van der Waals surface area contributed by atoms with E-state index in [1.54, 1.807) is 0 Å². The van der Waals surface area contributed by atoms with Gasteiger partial charge in [0.1, 0.15) is 0 Å². The molecule has 1 N–H and O–H groups in total. The standard InChI is InChI=1S/C16H33N3O/c1-6-10-14-16(20)19(15(7-2)17-14)12-9-8-11-18(5)13(3)4/h13-15,17H,6-12H2,1-5H3. The topological polar surface area (TPSA) is 35.6 Å². The van der Waals surface area contributed by atoms with E-state index in [0.717, 1.165) is 45.2 Å². The van der Waals surface area contributed by atoms with Crippen LogP contribution in [0.15, 0.2) is 0 Å². The molecule has 118 valence electrons. The minimum absolute atomic E-state index is 0.0586. The van der Waals surface area contributed by atoms with Crippen molar-refractivity contribution in [3.8, 4) is 0 Å². The van der Waals surface area contributed by atoms with Crippen LogP contribution in [0, 0.1) is 0 Å². The smallest absolute Gasteiger partial charge is 0.241 e. The van der Waals surface area contributed by atoms with E-state index < -0.39 is 0 Å². The molecule has 1 aliphatic rings. The first-order chi connectivity index (χ1) is 9.51. The van der Waals surface area contributed by atoms with E-state index in [1.807, 2.05) is 0 Å². The molecule has 20 heavy (non-hydrogen) atoms. The summed E-state index contributed by atoms with van der Waals surface area (Å²) in [5.41, 5.74) is 0. The summed E-state index contributed by atoms with van der Waals surface area (Å²) in [7, 11) is 2.17. The molecule has 4 heteroatoms. The van der Waals surface area contributed by atoms with Crippen molar-refractivity contribution in [3.05, 3.63) is 0 Å². The SMILES string of the molecule is CCCC1NC(CC)N(CCCCN(C)C(C)C)C1=O. The lowest BCUT2D eigenvalue weighted by molar-refractivity contribution is -0.130. The lowest BCUT2D eigenvalue weighted by atomic mass is 10.1. The van der Waals surface area contributed by atoms with Crippen LogP contribution in [0.5, 0.6) is 0 Å². The number of hydrogen-bond acceptors (Lipinski definition) is 3. The molecule has 1 fully saturated rings. The second kappa shape index (κ2) is 8.63. The fourth-order valence-electron chi connectivity index (χ4n) is 2.75. The average molecular weight is 283 g/mol. The van der Waals surface area contributed by atoms with E-state index in [4.69, 9.17) is 0 Å². The van der Waals surface area contributed by atoms with E-state index in [2.05, 4.69) is 49.9 Å². The Hall–Kier alpha value is -0.610. The Balaban J connectivity index is 2.35. The Morgan fingerprint density at radius 2 is 2.00 bits per heavy atom. The number of nitrogens with zero attached hydrogens (tertiary/aromatic N) is 2. The Kier molecular flexibility index (Phi) is 7.52. The summed E-state index contributed by atoms with van der Waals surface area (Å²) in [6.07, 6.45) is 5.53. The molecule has 0 radical (unpaired) electrons. The zero-order chi connectivity index (χ0) is 15.1. The summed E-state index contributed by atoms with van der Waals surface area (Å²) in [6, 6.07) is 0.658. The Labute approximate surface area is 124 Å². The first kappa shape index (κ1) is 17.4. The van der Waals surface area contributed by atoms with Crippen molar-refractivity contribution in [3.63, 3.8) is 0 Å². The van der Waals surface area contributed by atoms with Crippen LogP contribution >= 0.6 is 0 Å². The lowest BCUT2D eigenvalue weighted by Gasteiger charge is -2.24. The van der Waals surface area contributed by atoms with Crippen LogP contribution < -0.4 is 5.32 Å². The molecule has 0 aromatic heterocycles. The average Bonchev–Trinajstić information content (AvgIpc) is 2.71. The maximum absolute atomic E-state index is 12.4. The molecule has 0 aromatic carbocycles. The third-order valence-corrected chi connectivity index (χ3v) is 4.36. The van der Waals surface area contributed by atoms with E-state index in [9.17, 15) is 4.79 Å². The van der Waals surface area contributed by atoms with Gasteiger partial charge >= 0.3 is 0 Å². The highest BCUT2D eigenvalue weighted by Crippen LogP contribution is 2.17. The summed E-state index contributed by atoms with van der Waals surface area (Å²) in [6.45, 7) is 10.7. The van der Waals surface area contributed by atoms with Gasteiger partial charge in [0, 0.05) is 12.6 Å². The normalized spacial score (nSPS) is 23.4. The van der Waals surface area contributed by atoms with Gasteiger partial charge in [-0.3, -0.25) is 10.1 Å². The van der Waals surface area contributed by atoms with Gasteiger partial charge in [-0.2, -0.15) is 0 Å². The summed E-state index contributed by atoms with van der Waals surface area (Å²) >= 11 is 0. The van der Waals surface area contributed by atoms with Crippen LogP contribution in [-0.4, -0.2) is 54.1 Å². The Bertz CT molecular complexity index is 293. The van der Waals surface area contributed by atoms with Crippen molar-refractivity contribution >= 4 is 5.91 Å². The second-order valence-electron chi connectivity index (χ2n) is 6.25. The van der Waals surface area contributed by atoms with Gasteiger partial charge in [-0.15, -0.1) is 0 Å². The van der Waals surface area contributed by atoms with E-state index in [1.165, 1.54) is 0 Å². The Morgan fingerprint density at radius 3 is 2.55 bits per heavy atom. The predicted molar refractivity (Wildman–Crippen MR) is 84.6 cm³/mol. The minimum atomic E-state index is 0.0586. The molecule has 1 amide bonds. The molecule has 2 unspecified atom stereocenters. The molecule has 0 aromatic rings. The second-order valence-corrected chi connectivity index (χ2v) is 6.25. The zero-order valence-electron chi connectivity index (χ0n) is 14.0. The van der Waals surface area contributed by atoms with E-state index >= 15 is 0 Å². The van der Waals surface area contributed by atoms with Crippen molar-refractivity contribution in [1.29, 1.82) is 0 Å². The van der Waals surface area contributed by atoms with Gasteiger partial charge in [-0.1, -0.05) is 20.3 Å². The molecule has 0 spiro atoms. The van der Waals surface area contributed by atoms with Gasteiger partial charge in [0.25, 0.3) is 0 Å². The van der Waals surface area contributed by atoms with Gasteiger partial charge in [-0.05, 0) is 53.1 Å². The molecule has 0 saturated carbocycles. The summed E-state index contributed by atoms with van der Waals surface area (Å²) < 4.78 is 0. The third-order valence-electron chi connectivity index (χ3n) is 4.36. The number of amides is 1. The molecule has 1 rings (SSSR count). The summed E-state index contributed by atoms with van der Waals surface area (Å²) in [5.74, 6) is 0.316. The molecule has 1 saturated heterocycles. The van der Waals surface area contributed by atoms with Crippen LogP contribution in [0.1, 0.15) is 59.8 Å². The van der Waals surface area contributed by atoms with Crippen molar-refractivity contribution in [2.24, 2.45) is 0 Å². The largest absolute Gasteiger partial charge is 0.326 e. The highest BCUT2D eigenvalue weighted by atomic mass is 16.2. The number of carbonyl (C=O) groups excluding carboxylic acids is 1. The molecule has 1 aliphatic heterocycles. The molecular weight excluding hydrogens is 250 g/mol. The molecular formula is C16H33N3O. The lowest BCUT2D eigenvalue weighted by Crippen LogP contribution is -2.37. The predicted octanol–water partition coefficient (Wildman–Crippen LogP) is 2.44. The molecule has 0 bridgehead atoms. The zero-order valence-corrected chi connectivity index (χ0v) is 14.0. The Morgan fingerprint density at radius 1 is 1.30 bits per heavy atom. The van der Waals surface area contributed by atoms with Crippen LogP contribution in [0.3, 0.4) is 0 Å². The maximum Gasteiger partial charge on any atom is 0.241 e. The number of carbonyl (C=O) groups is 1. The molecule has 2 atom stereocenters. The van der Waals surface area contributed by atoms with Gasteiger partial charge < -0.3 is 9.80 Å². The van der Waals surface area contributed by atoms with Crippen molar-refractivity contribution in [2.45, 2.75) is 78.0 Å². The number of rotatable bonds is 9. The van der Waals surface area contributed by atoms with Crippen LogP contribution in [0.2, 0.25) is 0 Å². The van der Waals surface area contributed by atoms with E-state index in [0.29, 0.717) is 11.9 Å². The highest BCUT2D eigenvalue weighted by Gasteiger charge is 2.36. The molecule has 1 heterocycles.